The van der Waals surface area contributed by atoms with E-state index in [-0.39, 0.29) is 29.4 Å². The van der Waals surface area contributed by atoms with E-state index >= 15 is 0 Å². The Morgan fingerprint density at radius 2 is 1.82 bits per heavy atom. The zero-order valence-corrected chi connectivity index (χ0v) is 23.3. The fraction of sp³-hybridized carbons (Fsp3) is 0.179. The minimum absolute atomic E-state index is 0.0393. The van der Waals surface area contributed by atoms with Crippen LogP contribution in [0.15, 0.2) is 79.3 Å². The fourth-order valence-corrected chi connectivity index (χ4v) is 4.15. The van der Waals surface area contributed by atoms with E-state index in [1.807, 2.05) is 44.2 Å². The molecule has 12 heteroatoms. The summed E-state index contributed by atoms with van der Waals surface area (Å²) in [5.41, 5.74) is 2.90. The standard InChI is InChI=1S/C26H23ClN8O3.C2H6/c1-16(38-3)24(36)29-18-8-7-11-20(12-18)35-23-17(14-34(26(35)37)19-9-5-4-6-10-19)13-28-25(31-23)30-21-15-33(2)32-22(21)27;1-2/h4-13,15H,1,14H2,2-3H3,(H,29,36)(H,28,30,31);1-2H3. The van der Waals surface area contributed by atoms with Gasteiger partial charge in [-0.1, -0.05) is 56.3 Å². The number of carbonyl (C=O) groups is 2. The van der Waals surface area contributed by atoms with Crippen LogP contribution in [0.2, 0.25) is 5.15 Å². The number of fused-ring (bicyclic) bond motifs is 1. The van der Waals surface area contributed by atoms with Crippen LogP contribution in [0.5, 0.6) is 0 Å². The molecule has 3 heterocycles. The third kappa shape index (κ3) is 5.89. The molecule has 206 valence electrons. The van der Waals surface area contributed by atoms with Crippen molar-refractivity contribution in [2.75, 3.05) is 27.5 Å². The van der Waals surface area contributed by atoms with E-state index in [0.29, 0.717) is 22.9 Å². The molecule has 40 heavy (non-hydrogen) atoms. The summed E-state index contributed by atoms with van der Waals surface area (Å²) in [5, 5.41) is 10.2. The first-order valence-electron chi connectivity index (χ1n) is 12.5. The maximum atomic E-state index is 13.9. The number of nitrogens with zero attached hydrogens (tertiary/aromatic N) is 6. The fourth-order valence-electron chi connectivity index (χ4n) is 3.94. The molecule has 2 aromatic heterocycles. The number of hydrogen-bond acceptors (Lipinski definition) is 7. The van der Waals surface area contributed by atoms with Gasteiger partial charge in [0.2, 0.25) is 5.95 Å². The van der Waals surface area contributed by atoms with Crippen LogP contribution in [0.3, 0.4) is 0 Å². The summed E-state index contributed by atoms with van der Waals surface area (Å²) in [6.45, 7) is 7.84. The molecule has 0 spiro atoms. The molecule has 0 aliphatic carbocycles. The zero-order chi connectivity index (χ0) is 28.8. The maximum absolute atomic E-state index is 13.9. The normalized spacial score (nSPS) is 12.2. The second kappa shape index (κ2) is 12.3. The van der Waals surface area contributed by atoms with Crippen LogP contribution < -0.4 is 20.4 Å². The maximum Gasteiger partial charge on any atom is 0.335 e. The molecule has 0 saturated carbocycles. The number of methoxy groups -OCH3 is 1. The number of carbonyl (C=O) groups excluding carboxylic acids is 2. The molecule has 2 N–H and O–H groups in total. The summed E-state index contributed by atoms with van der Waals surface area (Å²) in [4.78, 5) is 38.4. The van der Waals surface area contributed by atoms with Crippen molar-refractivity contribution in [1.29, 1.82) is 0 Å². The third-order valence-corrected chi connectivity index (χ3v) is 6.04. The lowest BCUT2D eigenvalue weighted by Gasteiger charge is -2.36. The van der Waals surface area contributed by atoms with Crippen LogP contribution >= 0.6 is 11.6 Å². The van der Waals surface area contributed by atoms with Gasteiger partial charge in [0.1, 0.15) is 0 Å². The number of halogens is 1. The van der Waals surface area contributed by atoms with E-state index in [0.717, 1.165) is 11.3 Å². The van der Waals surface area contributed by atoms with Gasteiger partial charge in [0.05, 0.1) is 25.0 Å². The lowest BCUT2D eigenvalue weighted by molar-refractivity contribution is -0.115. The van der Waals surface area contributed by atoms with Gasteiger partial charge in [-0.2, -0.15) is 10.1 Å². The van der Waals surface area contributed by atoms with Crippen LogP contribution in [0.25, 0.3) is 0 Å². The summed E-state index contributed by atoms with van der Waals surface area (Å²) in [6.07, 6.45) is 3.36. The average molecular weight is 561 g/mol. The molecule has 1 aliphatic rings. The highest BCUT2D eigenvalue weighted by atomic mass is 35.5. The number of urea groups is 1. The summed E-state index contributed by atoms with van der Waals surface area (Å²) in [5.74, 6) is 0.0978. The van der Waals surface area contributed by atoms with Crippen molar-refractivity contribution in [3.05, 3.63) is 90.0 Å². The van der Waals surface area contributed by atoms with Gasteiger partial charge in [-0.3, -0.25) is 14.4 Å². The van der Waals surface area contributed by atoms with Gasteiger partial charge in [0, 0.05) is 36.4 Å². The number of amides is 3. The van der Waals surface area contributed by atoms with Crippen molar-refractivity contribution in [1.82, 2.24) is 19.7 Å². The molecule has 5 rings (SSSR count). The number of rotatable bonds is 7. The Morgan fingerprint density at radius 1 is 1.10 bits per heavy atom. The second-order valence-electron chi connectivity index (χ2n) is 8.35. The van der Waals surface area contributed by atoms with Crippen LogP contribution in [0, 0.1) is 0 Å². The summed E-state index contributed by atoms with van der Waals surface area (Å²) in [7, 11) is 3.11. The molecule has 11 nitrogen and oxygen atoms in total. The van der Waals surface area contributed by atoms with Gasteiger partial charge in [-0.15, -0.1) is 0 Å². The van der Waals surface area contributed by atoms with Crippen LogP contribution in [0.4, 0.5) is 39.3 Å². The molecule has 0 fully saturated rings. The van der Waals surface area contributed by atoms with Crippen molar-refractivity contribution < 1.29 is 14.3 Å². The molecule has 0 bridgehead atoms. The van der Waals surface area contributed by atoms with Crippen molar-refractivity contribution in [3.63, 3.8) is 0 Å². The van der Waals surface area contributed by atoms with Crippen LogP contribution in [0.1, 0.15) is 19.4 Å². The third-order valence-electron chi connectivity index (χ3n) is 5.76. The smallest absolute Gasteiger partial charge is 0.335 e. The molecule has 3 amide bonds. The topological polar surface area (TPSA) is 118 Å². The van der Waals surface area contributed by atoms with Crippen LogP contribution in [-0.2, 0) is 23.1 Å². The molecule has 0 unspecified atom stereocenters. The predicted molar refractivity (Wildman–Crippen MR) is 156 cm³/mol. The Hall–Kier alpha value is -4.90. The minimum atomic E-state index is -0.497. The largest absolute Gasteiger partial charge is 0.492 e. The lowest BCUT2D eigenvalue weighted by atomic mass is 10.1. The van der Waals surface area contributed by atoms with E-state index in [1.165, 1.54) is 12.0 Å². The van der Waals surface area contributed by atoms with Crippen molar-refractivity contribution in [2.24, 2.45) is 7.05 Å². The molecular formula is C28H29ClN8O3. The van der Waals surface area contributed by atoms with Gasteiger partial charge in [-0.05, 0) is 30.3 Å². The Labute approximate surface area is 237 Å². The highest BCUT2D eigenvalue weighted by Crippen LogP contribution is 2.37. The first-order chi connectivity index (χ1) is 19.3. The molecule has 0 radical (unpaired) electrons. The van der Waals surface area contributed by atoms with Crippen molar-refractivity contribution in [2.45, 2.75) is 20.4 Å². The Balaban J connectivity index is 0.00000181. The van der Waals surface area contributed by atoms with Gasteiger partial charge >= 0.3 is 6.03 Å². The van der Waals surface area contributed by atoms with E-state index in [1.54, 1.807) is 53.3 Å². The van der Waals surface area contributed by atoms with Gasteiger partial charge < -0.3 is 15.4 Å². The Bertz CT molecular complexity index is 1540. The number of nitrogens with one attached hydrogen (secondary N) is 2. The van der Waals surface area contributed by atoms with Gasteiger partial charge in [0.15, 0.2) is 16.7 Å². The summed E-state index contributed by atoms with van der Waals surface area (Å²) < 4.78 is 6.48. The summed E-state index contributed by atoms with van der Waals surface area (Å²) >= 11 is 6.19. The van der Waals surface area contributed by atoms with Crippen molar-refractivity contribution >= 4 is 58.1 Å². The number of aromatic nitrogens is 4. The first kappa shape index (κ1) is 28.1. The number of aryl methyl sites for hydroxylation is 1. The number of benzene rings is 2. The predicted octanol–water partition coefficient (Wildman–Crippen LogP) is 6.01. The molecular weight excluding hydrogens is 532 g/mol. The SMILES string of the molecule is C=C(OC)C(=O)Nc1cccc(N2C(=O)N(c3ccccc3)Cc3cnc(Nc4cn(C)nc4Cl)nc32)c1.CC. The van der Waals surface area contributed by atoms with Gasteiger partial charge in [0.25, 0.3) is 5.91 Å². The minimum Gasteiger partial charge on any atom is -0.492 e. The van der Waals surface area contributed by atoms with E-state index in [4.69, 9.17) is 16.3 Å². The summed E-state index contributed by atoms with van der Waals surface area (Å²) in [6, 6.07) is 15.9. The zero-order valence-electron chi connectivity index (χ0n) is 22.6. The number of para-hydroxylation sites is 1. The monoisotopic (exact) mass is 560 g/mol. The van der Waals surface area contributed by atoms with Crippen LogP contribution in [-0.4, -0.2) is 38.8 Å². The molecule has 1 aliphatic heterocycles. The van der Waals surface area contributed by atoms with Gasteiger partial charge in [-0.25, -0.2) is 14.7 Å². The van der Waals surface area contributed by atoms with E-state index in [2.05, 4.69) is 32.3 Å². The Kier molecular flexibility index (Phi) is 8.65. The second-order valence-corrected chi connectivity index (χ2v) is 8.70. The highest BCUT2D eigenvalue weighted by Gasteiger charge is 2.34. The molecule has 2 aromatic carbocycles. The number of ether oxygens (including phenoxy) is 1. The Morgan fingerprint density at radius 3 is 2.50 bits per heavy atom. The highest BCUT2D eigenvalue weighted by molar-refractivity contribution is 6.32. The molecule has 0 atom stereocenters. The van der Waals surface area contributed by atoms with E-state index in [9.17, 15) is 9.59 Å². The number of hydrogen-bond donors (Lipinski definition) is 2. The number of anilines is 6. The molecule has 0 saturated heterocycles. The van der Waals surface area contributed by atoms with E-state index < -0.39 is 5.91 Å². The first-order valence-corrected chi connectivity index (χ1v) is 12.8. The quantitative estimate of drug-likeness (QED) is 0.210. The lowest BCUT2D eigenvalue weighted by Crippen LogP contribution is -2.45. The van der Waals surface area contributed by atoms with Crippen molar-refractivity contribution in [3.8, 4) is 0 Å². The average Bonchev–Trinajstić information content (AvgIpc) is 3.29. The molecule has 4 aromatic rings.